The van der Waals surface area contributed by atoms with Crippen LogP contribution < -0.4 is 5.32 Å². The van der Waals surface area contributed by atoms with E-state index in [0.29, 0.717) is 5.56 Å². The number of carbonyl (C=O) groups excluding carboxylic acids is 2. The summed E-state index contributed by atoms with van der Waals surface area (Å²) in [6, 6.07) is 3.97. The molecule has 1 aliphatic heterocycles. The molecule has 7 heteroatoms. The van der Waals surface area contributed by atoms with E-state index in [2.05, 4.69) is 5.32 Å². The number of halogens is 3. The fourth-order valence-electron chi connectivity index (χ4n) is 2.46. The highest BCUT2D eigenvalue weighted by atomic mass is 19.3. The Morgan fingerprint density at radius 1 is 1.32 bits per heavy atom. The molecule has 0 aliphatic carbocycles. The van der Waals surface area contributed by atoms with Gasteiger partial charge in [0.1, 0.15) is 11.9 Å². The zero-order valence-electron chi connectivity index (χ0n) is 12.3. The lowest BCUT2D eigenvalue weighted by Crippen LogP contribution is -2.41. The lowest BCUT2D eigenvalue weighted by atomic mass is 9.84. The second-order valence-electron chi connectivity index (χ2n) is 5.95. The summed E-state index contributed by atoms with van der Waals surface area (Å²) in [4.78, 5) is 24.8. The summed E-state index contributed by atoms with van der Waals surface area (Å²) < 4.78 is 38.1. The minimum absolute atomic E-state index is 0.0130. The standard InChI is InChI=1S/C15H17F3N2O2/c1-15(2,9-4-3-5-10(16)6-9)8-20-13(21)11(7-12(17)18)19-14(20)22/h3-6,11-12H,7-8H2,1-2H3,(H,19,22)/t11-/m1/s1. The number of hydrogen-bond acceptors (Lipinski definition) is 2. The zero-order valence-corrected chi connectivity index (χ0v) is 12.3. The molecule has 0 unspecified atom stereocenters. The van der Waals surface area contributed by atoms with Crippen LogP contribution in [0.1, 0.15) is 25.8 Å². The molecule has 1 atom stereocenters. The van der Waals surface area contributed by atoms with Crippen molar-refractivity contribution in [3.8, 4) is 0 Å². The van der Waals surface area contributed by atoms with E-state index in [1.807, 2.05) is 0 Å². The Labute approximate surface area is 126 Å². The van der Waals surface area contributed by atoms with Crippen LogP contribution >= 0.6 is 0 Å². The molecule has 0 aromatic heterocycles. The molecular weight excluding hydrogens is 297 g/mol. The summed E-state index contributed by atoms with van der Waals surface area (Å²) in [5.74, 6) is -1.09. The van der Waals surface area contributed by atoms with Gasteiger partial charge in [0.25, 0.3) is 5.91 Å². The Hall–Kier alpha value is -2.05. The van der Waals surface area contributed by atoms with E-state index in [-0.39, 0.29) is 6.54 Å². The highest BCUT2D eigenvalue weighted by Crippen LogP contribution is 2.27. The smallest absolute Gasteiger partial charge is 0.324 e. The number of benzene rings is 1. The number of alkyl halides is 2. The summed E-state index contributed by atoms with van der Waals surface area (Å²) in [7, 11) is 0. The van der Waals surface area contributed by atoms with Crippen molar-refractivity contribution < 1.29 is 22.8 Å². The van der Waals surface area contributed by atoms with Crippen molar-refractivity contribution >= 4 is 11.9 Å². The topological polar surface area (TPSA) is 49.4 Å². The van der Waals surface area contributed by atoms with Gasteiger partial charge in [-0.3, -0.25) is 9.69 Å². The van der Waals surface area contributed by atoms with Crippen LogP contribution in [-0.4, -0.2) is 35.9 Å². The van der Waals surface area contributed by atoms with Crippen LogP contribution in [0.25, 0.3) is 0 Å². The van der Waals surface area contributed by atoms with Crippen LogP contribution in [0.2, 0.25) is 0 Å². The lowest BCUT2D eigenvalue weighted by Gasteiger charge is -2.29. The molecule has 1 fully saturated rings. The molecule has 4 nitrogen and oxygen atoms in total. The van der Waals surface area contributed by atoms with Crippen LogP contribution in [-0.2, 0) is 10.2 Å². The van der Waals surface area contributed by atoms with E-state index in [9.17, 15) is 22.8 Å². The number of urea groups is 1. The Morgan fingerprint density at radius 3 is 2.59 bits per heavy atom. The number of rotatable bonds is 5. The molecule has 1 aliphatic rings. The van der Waals surface area contributed by atoms with E-state index in [4.69, 9.17) is 0 Å². The summed E-state index contributed by atoms with van der Waals surface area (Å²) in [6.07, 6.45) is -3.38. The lowest BCUT2D eigenvalue weighted by molar-refractivity contribution is -0.128. The van der Waals surface area contributed by atoms with Crippen molar-refractivity contribution in [3.63, 3.8) is 0 Å². The molecule has 1 aromatic rings. The van der Waals surface area contributed by atoms with Gasteiger partial charge in [-0.1, -0.05) is 26.0 Å². The van der Waals surface area contributed by atoms with E-state index < -0.39 is 42.1 Å². The first-order valence-corrected chi connectivity index (χ1v) is 6.87. The van der Waals surface area contributed by atoms with Crippen molar-refractivity contribution in [2.75, 3.05) is 6.54 Å². The van der Waals surface area contributed by atoms with Crippen molar-refractivity contribution in [2.45, 2.75) is 38.2 Å². The van der Waals surface area contributed by atoms with Gasteiger partial charge in [-0.25, -0.2) is 18.0 Å². The van der Waals surface area contributed by atoms with Crippen molar-refractivity contribution in [1.29, 1.82) is 0 Å². The van der Waals surface area contributed by atoms with Gasteiger partial charge in [-0.2, -0.15) is 0 Å². The fourth-order valence-corrected chi connectivity index (χ4v) is 2.46. The normalized spacial score (nSPS) is 19.0. The average Bonchev–Trinajstić information content (AvgIpc) is 2.65. The maximum absolute atomic E-state index is 13.3. The van der Waals surface area contributed by atoms with Gasteiger partial charge in [0.05, 0.1) is 0 Å². The van der Waals surface area contributed by atoms with Gasteiger partial charge in [-0.05, 0) is 17.7 Å². The van der Waals surface area contributed by atoms with Crippen LogP contribution in [0, 0.1) is 5.82 Å². The minimum Gasteiger partial charge on any atom is -0.326 e. The van der Waals surface area contributed by atoms with Crippen LogP contribution in [0.3, 0.4) is 0 Å². The second-order valence-corrected chi connectivity index (χ2v) is 5.95. The maximum Gasteiger partial charge on any atom is 0.324 e. The molecule has 120 valence electrons. The van der Waals surface area contributed by atoms with Crippen LogP contribution in [0.5, 0.6) is 0 Å². The van der Waals surface area contributed by atoms with Crippen molar-refractivity contribution in [1.82, 2.24) is 10.2 Å². The Bertz CT molecular complexity index is 590. The molecule has 1 aromatic carbocycles. The summed E-state index contributed by atoms with van der Waals surface area (Å²) in [5.41, 5.74) is -0.0835. The van der Waals surface area contributed by atoms with Gasteiger partial charge < -0.3 is 5.32 Å². The average molecular weight is 314 g/mol. The fraction of sp³-hybridized carbons (Fsp3) is 0.467. The molecule has 22 heavy (non-hydrogen) atoms. The van der Waals surface area contributed by atoms with Gasteiger partial charge in [0.15, 0.2) is 0 Å². The largest absolute Gasteiger partial charge is 0.326 e. The van der Waals surface area contributed by atoms with Gasteiger partial charge >= 0.3 is 6.03 Å². The maximum atomic E-state index is 13.3. The Morgan fingerprint density at radius 2 is 2.00 bits per heavy atom. The Kier molecular flexibility index (Phi) is 4.44. The number of imide groups is 1. The first-order valence-electron chi connectivity index (χ1n) is 6.87. The van der Waals surface area contributed by atoms with Crippen LogP contribution in [0.4, 0.5) is 18.0 Å². The molecule has 2 rings (SSSR count). The molecule has 0 saturated carbocycles. The van der Waals surface area contributed by atoms with Gasteiger partial charge in [0, 0.05) is 18.4 Å². The van der Waals surface area contributed by atoms with Gasteiger partial charge in [-0.15, -0.1) is 0 Å². The molecule has 1 heterocycles. The molecule has 1 N–H and O–H groups in total. The van der Waals surface area contributed by atoms with Crippen molar-refractivity contribution in [2.24, 2.45) is 0 Å². The summed E-state index contributed by atoms with van der Waals surface area (Å²) >= 11 is 0. The molecule has 3 amide bonds. The van der Waals surface area contributed by atoms with E-state index in [0.717, 1.165) is 4.90 Å². The third-order valence-electron chi connectivity index (χ3n) is 3.68. The molecule has 0 spiro atoms. The van der Waals surface area contributed by atoms with E-state index in [1.165, 1.54) is 18.2 Å². The monoisotopic (exact) mass is 314 g/mol. The zero-order chi connectivity index (χ0) is 16.5. The van der Waals surface area contributed by atoms with Crippen LogP contribution in [0.15, 0.2) is 24.3 Å². The summed E-state index contributed by atoms with van der Waals surface area (Å²) in [6.45, 7) is 3.49. The SMILES string of the molecule is CC(C)(CN1C(=O)N[C@H](CC(F)F)C1=O)c1cccc(F)c1. The molecular formula is C15H17F3N2O2. The Balaban J connectivity index is 2.15. The number of hydrogen-bond donors (Lipinski definition) is 1. The number of carbonyl (C=O) groups is 2. The number of amides is 3. The minimum atomic E-state index is -2.68. The van der Waals surface area contributed by atoms with E-state index >= 15 is 0 Å². The van der Waals surface area contributed by atoms with Gasteiger partial charge in [0.2, 0.25) is 6.43 Å². The molecule has 0 bridgehead atoms. The van der Waals surface area contributed by atoms with E-state index in [1.54, 1.807) is 19.9 Å². The predicted molar refractivity (Wildman–Crippen MR) is 74.1 cm³/mol. The third kappa shape index (κ3) is 3.40. The molecule has 0 radical (unpaired) electrons. The third-order valence-corrected chi connectivity index (χ3v) is 3.68. The highest BCUT2D eigenvalue weighted by molar-refractivity contribution is 6.04. The second kappa shape index (κ2) is 5.98. The molecule has 1 saturated heterocycles. The number of nitrogens with one attached hydrogen (secondary N) is 1. The first kappa shape index (κ1) is 16.3. The quantitative estimate of drug-likeness (QED) is 0.850. The van der Waals surface area contributed by atoms with Crippen molar-refractivity contribution in [3.05, 3.63) is 35.6 Å². The predicted octanol–water partition coefficient (Wildman–Crippen LogP) is 2.68. The first-order chi connectivity index (χ1) is 10.2. The summed E-state index contributed by atoms with van der Waals surface area (Å²) in [5, 5.41) is 2.25. The number of nitrogens with zero attached hydrogens (tertiary/aromatic N) is 1. The highest BCUT2D eigenvalue weighted by Gasteiger charge is 2.41.